The number of halogens is 2. The maximum Gasteiger partial charge on any atom is 0.323 e. The fraction of sp³-hybridized carbons (Fsp3) is 0.600. The molecule has 1 saturated heterocycles. The molecule has 0 aromatic heterocycles. The van der Waals surface area contributed by atoms with Crippen molar-refractivity contribution in [3.8, 4) is 0 Å². The first-order valence-corrected chi connectivity index (χ1v) is 9.35. The molecule has 3 rings (SSSR count). The van der Waals surface area contributed by atoms with Crippen LogP contribution in [-0.4, -0.2) is 30.2 Å². The zero-order chi connectivity index (χ0) is 18.7. The molecule has 5 nitrogen and oxygen atoms in total. The van der Waals surface area contributed by atoms with Crippen LogP contribution in [0.5, 0.6) is 0 Å². The zero-order valence-corrected chi connectivity index (χ0v) is 16.3. The highest BCUT2D eigenvalue weighted by Crippen LogP contribution is 2.33. The van der Waals surface area contributed by atoms with Gasteiger partial charge in [0.15, 0.2) is 0 Å². The standard InChI is InChI=1S/C20H26FNO4.ClH/c1-12-16(11-13-5-9-15(21)10-6-13)18(26-19(23)14-7-8-14)4-2-3-17(22)20(24)25-12;/h5-6,9-10,12,14,16-18H,2-4,7-8,11,22H2,1H3;1H/t12-,16-,17-,18-;/m0./s1. The van der Waals surface area contributed by atoms with Crippen molar-refractivity contribution in [1.82, 2.24) is 0 Å². The first kappa shape index (κ1) is 21.6. The molecular formula is C20H27ClFNO4. The normalized spacial score (nSPS) is 28.8. The fourth-order valence-corrected chi connectivity index (χ4v) is 3.43. The maximum atomic E-state index is 13.2. The Labute approximate surface area is 165 Å². The van der Waals surface area contributed by atoms with E-state index in [9.17, 15) is 14.0 Å². The average molecular weight is 400 g/mol. The van der Waals surface area contributed by atoms with E-state index in [0.29, 0.717) is 25.7 Å². The Morgan fingerprint density at radius 3 is 2.52 bits per heavy atom. The number of carbonyl (C=O) groups excluding carboxylic acids is 2. The quantitative estimate of drug-likeness (QED) is 0.787. The number of hydrogen-bond donors (Lipinski definition) is 1. The lowest BCUT2D eigenvalue weighted by Crippen LogP contribution is -2.39. The SMILES string of the molecule is C[C@@H]1OC(=O)[C@@H](N)CCC[C@H](OC(=O)C2CC2)[C@H]1Cc1ccc(F)cc1.Cl. The molecule has 27 heavy (non-hydrogen) atoms. The van der Waals surface area contributed by atoms with E-state index in [-0.39, 0.29) is 42.1 Å². The lowest BCUT2D eigenvalue weighted by molar-refractivity contribution is -0.161. The third kappa shape index (κ3) is 5.91. The summed E-state index contributed by atoms with van der Waals surface area (Å²) < 4.78 is 24.6. The highest BCUT2D eigenvalue weighted by molar-refractivity contribution is 5.85. The molecular weight excluding hydrogens is 373 g/mol. The van der Waals surface area contributed by atoms with Gasteiger partial charge in [0, 0.05) is 5.92 Å². The minimum absolute atomic E-state index is 0. The summed E-state index contributed by atoms with van der Waals surface area (Å²) in [6, 6.07) is 5.58. The third-order valence-electron chi connectivity index (χ3n) is 5.25. The van der Waals surface area contributed by atoms with E-state index in [2.05, 4.69) is 0 Å². The van der Waals surface area contributed by atoms with Gasteiger partial charge in [-0.2, -0.15) is 0 Å². The molecule has 0 bridgehead atoms. The summed E-state index contributed by atoms with van der Waals surface area (Å²) in [7, 11) is 0. The summed E-state index contributed by atoms with van der Waals surface area (Å²) in [5, 5.41) is 0. The zero-order valence-electron chi connectivity index (χ0n) is 15.4. The van der Waals surface area contributed by atoms with Gasteiger partial charge in [-0.1, -0.05) is 12.1 Å². The summed E-state index contributed by atoms with van der Waals surface area (Å²) in [5.41, 5.74) is 6.79. The number of rotatable bonds is 4. The van der Waals surface area contributed by atoms with Crippen molar-refractivity contribution >= 4 is 24.3 Å². The van der Waals surface area contributed by atoms with Gasteiger partial charge in [-0.25, -0.2) is 4.39 Å². The van der Waals surface area contributed by atoms with Crippen molar-refractivity contribution in [2.45, 2.75) is 63.7 Å². The monoisotopic (exact) mass is 399 g/mol. The van der Waals surface area contributed by atoms with Crippen LogP contribution in [0.25, 0.3) is 0 Å². The van der Waals surface area contributed by atoms with Gasteiger partial charge >= 0.3 is 11.9 Å². The van der Waals surface area contributed by atoms with Crippen molar-refractivity contribution in [3.05, 3.63) is 35.6 Å². The number of carbonyl (C=O) groups is 2. The van der Waals surface area contributed by atoms with Gasteiger partial charge in [-0.3, -0.25) is 9.59 Å². The molecule has 150 valence electrons. The van der Waals surface area contributed by atoms with Crippen LogP contribution in [0.3, 0.4) is 0 Å². The second kappa shape index (κ2) is 9.51. The molecule has 2 aliphatic rings. The predicted octanol–water partition coefficient (Wildman–Crippen LogP) is 3.17. The second-order valence-electron chi connectivity index (χ2n) is 7.42. The Balaban J connectivity index is 0.00000261. The molecule has 1 aromatic carbocycles. The van der Waals surface area contributed by atoms with E-state index in [1.807, 2.05) is 6.92 Å². The van der Waals surface area contributed by atoms with Crippen LogP contribution < -0.4 is 5.73 Å². The van der Waals surface area contributed by atoms with Gasteiger partial charge in [0.05, 0.1) is 5.92 Å². The molecule has 0 unspecified atom stereocenters. The fourth-order valence-electron chi connectivity index (χ4n) is 3.43. The largest absolute Gasteiger partial charge is 0.462 e. The van der Waals surface area contributed by atoms with E-state index in [1.54, 1.807) is 12.1 Å². The lowest BCUT2D eigenvalue weighted by Gasteiger charge is -2.31. The molecule has 7 heteroatoms. The van der Waals surface area contributed by atoms with Crippen LogP contribution >= 0.6 is 12.4 Å². The Kier molecular flexibility index (Phi) is 7.62. The molecule has 2 fully saturated rings. The molecule has 0 spiro atoms. The van der Waals surface area contributed by atoms with Crippen molar-refractivity contribution in [1.29, 1.82) is 0 Å². The van der Waals surface area contributed by atoms with Crippen molar-refractivity contribution < 1.29 is 23.5 Å². The summed E-state index contributed by atoms with van der Waals surface area (Å²) in [6.45, 7) is 1.81. The van der Waals surface area contributed by atoms with E-state index in [4.69, 9.17) is 15.2 Å². The Hall–Kier alpha value is -1.66. The topological polar surface area (TPSA) is 78.6 Å². The summed E-state index contributed by atoms with van der Waals surface area (Å²) in [4.78, 5) is 24.3. The van der Waals surface area contributed by atoms with Gasteiger partial charge in [-0.05, 0) is 63.1 Å². The van der Waals surface area contributed by atoms with Crippen LogP contribution in [-0.2, 0) is 25.5 Å². The highest BCUT2D eigenvalue weighted by Gasteiger charge is 2.38. The average Bonchev–Trinajstić information content (AvgIpc) is 3.44. The number of esters is 2. The van der Waals surface area contributed by atoms with E-state index in [1.165, 1.54) is 12.1 Å². The molecule has 0 radical (unpaired) electrons. The summed E-state index contributed by atoms with van der Waals surface area (Å²) >= 11 is 0. The van der Waals surface area contributed by atoms with Crippen molar-refractivity contribution in [3.63, 3.8) is 0 Å². The molecule has 4 atom stereocenters. The first-order chi connectivity index (χ1) is 12.4. The number of hydrogen-bond acceptors (Lipinski definition) is 5. The Morgan fingerprint density at radius 2 is 1.89 bits per heavy atom. The molecule has 1 heterocycles. The van der Waals surface area contributed by atoms with Crippen LogP contribution in [0.4, 0.5) is 4.39 Å². The van der Waals surface area contributed by atoms with Crippen LogP contribution in [0.1, 0.15) is 44.6 Å². The number of benzene rings is 1. The number of ether oxygens (including phenoxy) is 2. The maximum absolute atomic E-state index is 13.2. The van der Waals surface area contributed by atoms with E-state index in [0.717, 1.165) is 18.4 Å². The highest BCUT2D eigenvalue weighted by atomic mass is 35.5. The number of cyclic esters (lactones) is 1. The molecule has 2 N–H and O–H groups in total. The molecule has 1 aliphatic heterocycles. The summed E-state index contributed by atoms with van der Waals surface area (Å²) in [6.07, 6.45) is 3.33. The van der Waals surface area contributed by atoms with Crippen molar-refractivity contribution in [2.75, 3.05) is 0 Å². The van der Waals surface area contributed by atoms with Crippen LogP contribution in [0, 0.1) is 17.7 Å². The van der Waals surface area contributed by atoms with Gasteiger partial charge in [0.2, 0.25) is 0 Å². The van der Waals surface area contributed by atoms with Crippen LogP contribution in [0.15, 0.2) is 24.3 Å². The van der Waals surface area contributed by atoms with Gasteiger partial charge in [0.1, 0.15) is 24.1 Å². The van der Waals surface area contributed by atoms with Gasteiger partial charge < -0.3 is 15.2 Å². The predicted molar refractivity (Wildman–Crippen MR) is 101 cm³/mol. The number of nitrogens with two attached hydrogens (primary N) is 1. The minimum Gasteiger partial charge on any atom is -0.462 e. The third-order valence-corrected chi connectivity index (χ3v) is 5.25. The Morgan fingerprint density at radius 1 is 1.22 bits per heavy atom. The van der Waals surface area contributed by atoms with Crippen molar-refractivity contribution in [2.24, 2.45) is 17.6 Å². The smallest absolute Gasteiger partial charge is 0.323 e. The molecule has 1 saturated carbocycles. The Bertz CT molecular complexity index is 650. The molecule has 1 aliphatic carbocycles. The second-order valence-corrected chi connectivity index (χ2v) is 7.42. The van der Waals surface area contributed by atoms with Gasteiger partial charge in [-0.15, -0.1) is 12.4 Å². The first-order valence-electron chi connectivity index (χ1n) is 9.35. The summed E-state index contributed by atoms with van der Waals surface area (Å²) in [5.74, 6) is -1.08. The van der Waals surface area contributed by atoms with E-state index >= 15 is 0 Å². The molecule has 1 aromatic rings. The molecule has 0 amide bonds. The lowest BCUT2D eigenvalue weighted by atomic mass is 9.87. The van der Waals surface area contributed by atoms with Gasteiger partial charge in [0.25, 0.3) is 0 Å². The minimum atomic E-state index is -0.651. The van der Waals surface area contributed by atoms with Crippen LogP contribution in [0.2, 0.25) is 0 Å². The van der Waals surface area contributed by atoms with E-state index < -0.39 is 18.1 Å².